The van der Waals surface area contributed by atoms with Gasteiger partial charge in [-0.15, -0.1) is 10.2 Å². The van der Waals surface area contributed by atoms with Gasteiger partial charge in [-0.1, -0.05) is 17.7 Å². The molecule has 0 aliphatic heterocycles. The molecule has 0 bridgehead atoms. The van der Waals surface area contributed by atoms with Gasteiger partial charge in [0.05, 0.1) is 17.3 Å². The standard InChI is InChI=1S/C12H7ClN6/c13-10-12-17-16-11(18(12)6-4-14-10)8-7-15-19-5-2-1-3-9(8)19/h1-7H. The molecule has 0 aliphatic rings. The quantitative estimate of drug-likeness (QED) is 0.531. The average molecular weight is 271 g/mol. The van der Waals surface area contributed by atoms with E-state index < -0.39 is 0 Å². The molecular formula is C12H7ClN6. The topological polar surface area (TPSA) is 60.4 Å². The van der Waals surface area contributed by atoms with E-state index in [4.69, 9.17) is 11.6 Å². The zero-order chi connectivity index (χ0) is 12.8. The molecular weight excluding hydrogens is 264 g/mol. The third-order valence-electron chi connectivity index (χ3n) is 2.95. The Balaban J connectivity index is 2.07. The Kier molecular flexibility index (Phi) is 2.07. The van der Waals surface area contributed by atoms with Crippen LogP contribution in [0.5, 0.6) is 0 Å². The van der Waals surface area contributed by atoms with Crippen LogP contribution in [-0.4, -0.2) is 29.2 Å². The van der Waals surface area contributed by atoms with Gasteiger partial charge < -0.3 is 0 Å². The van der Waals surface area contributed by atoms with Gasteiger partial charge in [-0.3, -0.25) is 4.40 Å². The largest absolute Gasteiger partial charge is 0.278 e. The molecule has 6 nitrogen and oxygen atoms in total. The molecule has 0 saturated carbocycles. The molecule has 92 valence electrons. The average Bonchev–Trinajstić information content (AvgIpc) is 3.02. The van der Waals surface area contributed by atoms with Gasteiger partial charge in [0.25, 0.3) is 0 Å². The first-order valence-corrected chi connectivity index (χ1v) is 6.00. The summed E-state index contributed by atoms with van der Waals surface area (Å²) in [6.07, 6.45) is 7.05. The zero-order valence-electron chi connectivity index (χ0n) is 9.60. The highest BCUT2D eigenvalue weighted by Gasteiger charge is 2.14. The Hall–Kier alpha value is -2.47. The minimum atomic E-state index is 0.331. The van der Waals surface area contributed by atoms with Gasteiger partial charge in [0.15, 0.2) is 16.6 Å². The van der Waals surface area contributed by atoms with Crippen molar-refractivity contribution >= 4 is 22.8 Å². The van der Waals surface area contributed by atoms with Crippen molar-refractivity contribution in [2.45, 2.75) is 0 Å². The van der Waals surface area contributed by atoms with Crippen LogP contribution in [0.15, 0.2) is 43.0 Å². The smallest absolute Gasteiger partial charge is 0.198 e. The number of pyridine rings is 1. The Morgan fingerprint density at radius 3 is 3.00 bits per heavy atom. The zero-order valence-corrected chi connectivity index (χ0v) is 10.4. The molecule has 4 aromatic rings. The highest BCUT2D eigenvalue weighted by molar-refractivity contribution is 6.32. The van der Waals surface area contributed by atoms with Gasteiger partial charge in [-0.05, 0) is 12.1 Å². The summed E-state index contributed by atoms with van der Waals surface area (Å²) in [6, 6.07) is 5.86. The highest BCUT2D eigenvalue weighted by atomic mass is 35.5. The fourth-order valence-corrected chi connectivity index (χ4v) is 2.27. The van der Waals surface area contributed by atoms with Crippen molar-refractivity contribution in [3.8, 4) is 11.4 Å². The molecule has 0 fully saturated rings. The molecule has 4 aromatic heterocycles. The summed E-state index contributed by atoms with van der Waals surface area (Å²) in [5.41, 5.74) is 2.40. The number of rotatable bonds is 1. The first-order chi connectivity index (χ1) is 9.34. The summed E-state index contributed by atoms with van der Waals surface area (Å²) < 4.78 is 3.60. The van der Waals surface area contributed by atoms with Crippen LogP contribution in [0.3, 0.4) is 0 Å². The van der Waals surface area contributed by atoms with Crippen LogP contribution in [0.4, 0.5) is 0 Å². The number of nitrogens with zero attached hydrogens (tertiary/aromatic N) is 6. The SMILES string of the molecule is Clc1nccn2c(-c3cnn4ccccc34)nnc12. The second kappa shape index (κ2) is 3.76. The minimum absolute atomic E-state index is 0.331. The second-order valence-corrected chi connectivity index (χ2v) is 4.38. The van der Waals surface area contributed by atoms with E-state index in [0.717, 1.165) is 11.1 Å². The maximum atomic E-state index is 5.99. The van der Waals surface area contributed by atoms with Gasteiger partial charge >= 0.3 is 0 Å². The molecule has 4 heterocycles. The van der Waals surface area contributed by atoms with E-state index in [1.165, 1.54) is 0 Å². The fraction of sp³-hybridized carbons (Fsp3) is 0. The van der Waals surface area contributed by atoms with Crippen molar-refractivity contribution < 1.29 is 0 Å². The number of hydrogen-bond acceptors (Lipinski definition) is 4. The Bertz CT molecular complexity index is 893. The molecule has 0 saturated heterocycles. The lowest BCUT2D eigenvalue weighted by Gasteiger charge is -1.98. The molecule has 7 heteroatoms. The molecule has 19 heavy (non-hydrogen) atoms. The Labute approximate surface area is 112 Å². The lowest BCUT2D eigenvalue weighted by molar-refractivity contribution is 0.961. The highest BCUT2D eigenvalue weighted by Crippen LogP contribution is 2.24. The molecule has 0 aliphatic carbocycles. The van der Waals surface area contributed by atoms with Crippen molar-refractivity contribution in [3.05, 3.63) is 48.1 Å². The number of hydrogen-bond donors (Lipinski definition) is 0. The van der Waals surface area contributed by atoms with Crippen molar-refractivity contribution in [2.75, 3.05) is 0 Å². The monoisotopic (exact) mass is 270 g/mol. The predicted octanol–water partition coefficient (Wildman–Crippen LogP) is 2.09. The van der Waals surface area contributed by atoms with Crippen LogP contribution in [0.25, 0.3) is 22.6 Å². The van der Waals surface area contributed by atoms with Crippen LogP contribution in [0.1, 0.15) is 0 Å². The summed E-state index contributed by atoms with van der Waals surface area (Å²) in [4.78, 5) is 3.99. The van der Waals surface area contributed by atoms with Crippen molar-refractivity contribution in [1.82, 2.24) is 29.2 Å². The van der Waals surface area contributed by atoms with E-state index in [-0.39, 0.29) is 0 Å². The van der Waals surface area contributed by atoms with Gasteiger partial charge in [0.2, 0.25) is 0 Å². The lowest BCUT2D eigenvalue weighted by Crippen LogP contribution is -1.91. The van der Waals surface area contributed by atoms with E-state index in [0.29, 0.717) is 16.6 Å². The minimum Gasteiger partial charge on any atom is -0.278 e. The maximum Gasteiger partial charge on any atom is 0.198 e. The maximum absolute atomic E-state index is 5.99. The third kappa shape index (κ3) is 1.43. The van der Waals surface area contributed by atoms with Gasteiger partial charge in [0.1, 0.15) is 0 Å². The predicted molar refractivity (Wildman–Crippen MR) is 70.0 cm³/mol. The van der Waals surface area contributed by atoms with Crippen LogP contribution >= 0.6 is 11.6 Å². The second-order valence-electron chi connectivity index (χ2n) is 4.02. The van der Waals surface area contributed by atoms with Gasteiger partial charge in [-0.2, -0.15) is 5.10 Å². The molecule has 0 atom stereocenters. The van der Waals surface area contributed by atoms with E-state index in [2.05, 4.69) is 20.3 Å². The molecule has 0 unspecified atom stereocenters. The normalized spacial score (nSPS) is 11.4. The molecule has 0 amide bonds. The van der Waals surface area contributed by atoms with Crippen LogP contribution in [0.2, 0.25) is 5.15 Å². The van der Waals surface area contributed by atoms with E-state index in [1.54, 1.807) is 27.5 Å². The van der Waals surface area contributed by atoms with Crippen molar-refractivity contribution in [3.63, 3.8) is 0 Å². The Morgan fingerprint density at radius 1 is 1.11 bits per heavy atom. The van der Waals surface area contributed by atoms with Crippen LogP contribution < -0.4 is 0 Å². The summed E-state index contributed by atoms with van der Waals surface area (Å²) >= 11 is 5.99. The van der Waals surface area contributed by atoms with Crippen LogP contribution in [-0.2, 0) is 0 Å². The Morgan fingerprint density at radius 2 is 2.05 bits per heavy atom. The number of fused-ring (bicyclic) bond motifs is 2. The third-order valence-corrected chi connectivity index (χ3v) is 3.22. The molecule has 0 radical (unpaired) electrons. The lowest BCUT2D eigenvalue weighted by atomic mass is 10.2. The molecule has 0 N–H and O–H groups in total. The van der Waals surface area contributed by atoms with E-state index in [1.807, 2.05) is 24.4 Å². The van der Waals surface area contributed by atoms with Gasteiger partial charge in [-0.25, -0.2) is 9.50 Å². The molecule has 4 rings (SSSR count). The van der Waals surface area contributed by atoms with Gasteiger partial charge in [0, 0.05) is 18.6 Å². The molecule has 0 aromatic carbocycles. The van der Waals surface area contributed by atoms with Crippen molar-refractivity contribution in [2.24, 2.45) is 0 Å². The summed E-state index contributed by atoms with van der Waals surface area (Å²) in [6.45, 7) is 0. The van der Waals surface area contributed by atoms with E-state index in [9.17, 15) is 0 Å². The van der Waals surface area contributed by atoms with Crippen molar-refractivity contribution in [1.29, 1.82) is 0 Å². The summed E-state index contributed by atoms with van der Waals surface area (Å²) in [5.74, 6) is 0.695. The molecule has 0 spiro atoms. The first-order valence-electron chi connectivity index (χ1n) is 5.62. The summed E-state index contributed by atoms with van der Waals surface area (Å²) in [7, 11) is 0. The van der Waals surface area contributed by atoms with Crippen LogP contribution in [0, 0.1) is 0 Å². The number of aromatic nitrogens is 6. The first kappa shape index (κ1) is 10.5. The summed E-state index contributed by atoms with van der Waals surface area (Å²) in [5, 5.41) is 12.9. The fourth-order valence-electron chi connectivity index (χ4n) is 2.09. The number of halogens is 1. The van der Waals surface area contributed by atoms with E-state index >= 15 is 0 Å².